The second-order valence-electron chi connectivity index (χ2n) is 3.35. The first-order chi connectivity index (χ1) is 6.91. The van der Waals surface area contributed by atoms with E-state index in [2.05, 4.69) is 15.9 Å². The first kappa shape index (κ1) is 12.0. The molecule has 1 unspecified atom stereocenters. The lowest BCUT2D eigenvalue weighted by Crippen LogP contribution is -2.12. The summed E-state index contributed by atoms with van der Waals surface area (Å²) in [5.41, 5.74) is 0.579. The van der Waals surface area contributed by atoms with Gasteiger partial charge in [-0.25, -0.2) is 4.39 Å². The maximum atomic E-state index is 13.0. The molecule has 0 aromatic heterocycles. The van der Waals surface area contributed by atoms with E-state index in [1.165, 1.54) is 12.1 Å². The van der Waals surface area contributed by atoms with Gasteiger partial charge < -0.3 is 10.2 Å². The van der Waals surface area contributed by atoms with E-state index >= 15 is 0 Å². The molecule has 82 valence electrons. The van der Waals surface area contributed by atoms with Crippen LogP contribution in [0.15, 0.2) is 16.6 Å². The van der Waals surface area contributed by atoms with E-state index < -0.39 is 23.5 Å². The summed E-state index contributed by atoms with van der Waals surface area (Å²) in [6.45, 7) is 1.55. The monoisotopic (exact) mass is 276 g/mol. The minimum Gasteiger partial charge on any atom is -0.505 e. The SMILES string of the molecule is CC(Cc1cc(O)c(F)c(Br)c1)C(=O)O. The molecule has 1 rings (SSSR count). The fourth-order valence-corrected chi connectivity index (χ4v) is 1.68. The van der Waals surface area contributed by atoms with Crippen molar-refractivity contribution >= 4 is 21.9 Å². The third-order valence-corrected chi connectivity index (χ3v) is 2.61. The molecule has 2 N–H and O–H groups in total. The topological polar surface area (TPSA) is 57.5 Å². The highest BCUT2D eigenvalue weighted by atomic mass is 79.9. The number of aromatic hydroxyl groups is 1. The summed E-state index contributed by atoms with van der Waals surface area (Å²) in [5.74, 6) is -2.70. The summed E-state index contributed by atoms with van der Waals surface area (Å²) in [4.78, 5) is 10.6. The zero-order valence-corrected chi connectivity index (χ0v) is 9.58. The van der Waals surface area contributed by atoms with Crippen molar-refractivity contribution in [1.29, 1.82) is 0 Å². The number of phenolic OH excluding ortho intramolecular Hbond substituents is 1. The van der Waals surface area contributed by atoms with E-state index in [1.807, 2.05) is 0 Å². The van der Waals surface area contributed by atoms with E-state index in [0.29, 0.717) is 5.56 Å². The smallest absolute Gasteiger partial charge is 0.306 e. The molecular formula is C10H10BrFO3. The molecular weight excluding hydrogens is 267 g/mol. The Kier molecular flexibility index (Phi) is 3.68. The van der Waals surface area contributed by atoms with Crippen LogP contribution in [0.4, 0.5) is 4.39 Å². The van der Waals surface area contributed by atoms with Gasteiger partial charge in [-0.3, -0.25) is 4.79 Å². The van der Waals surface area contributed by atoms with Gasteiger partial charge in [-0.2, -0.15) is 0 Å². The third-order valence-electron chi connectivity index (χ3n) is 2.03. The summed E-state index contributed by atoms with van der Waals surface area (Å²) in [6.07, 6.45) is 0.252. The van der Waals surface area contributed by atoms with Crippen molar-refractivity contribution in [3.8, 4) is 5.75 Å². The quantitative estimate of drug-likeness (QED) is 0.892. The predicted octanol–water partition coefficient (Wildman–Crippen LogP) is 2.56. The Balaban J connectivity index is 2.92. The molecule has 0 aliphatic rings. The standard InChI is InChI=1S/C10H10BrFO3/c1-5(10(14)15)2-6-3-7(11)9(12)8(13)4-6/h3-5,13H,2H2,1H3,(H,14,15). The van der Waals surface area contributed by atoms with Crippen LogP contribution in [-0.4, -0.2) is 16.2 Å². The molecule has 0 saturated heterocycles. The van der Waals surface area contributed by atoms with Crippen LogP contribution in [0.1, 0.15) is 12.5 Å². The third kappa shape index (κ3) is 2.92. The Bertz CT molecular complexity index is 369. The Morgan fingerprint density at radius 3 is 2.67 bits per heavy atom. The first-order valence-electron chi connectivity index (χ1n) is 4.31. The number of carbonyl (C=O) groups is 1. The van der Waals surface area contributed by atoms with Crippen molar-refractivity contribution < 1.29 is 19.4 Å². The maximum Gasteiger partial charge on any atom is 0.306 e. The van der Waals surface area contributed by atoms with Gasteiger partial charge in [0, 0.05) is 0 Å². The lowest BCUT2D eigenvalue weighted by Gasteiger charge is -2.08. The van der Waals surface area contributed by atoms with E-state index in [4.69, 9.17) is 5.11 Å². The van der Waals surface area contributed by atoms with Gasteiger partial charge in [0.1, 0.15) is 0 Å². The molecule has 0 aliphatic carbocycles. The van der Waals surface area contributed by atoms with E-state index in [9.17, 15) is 14.3 Å². The number of carboxylic acid groups (broad SMARTS) is 1. The highest BCUT2D eigenvalue weighted by Crippen LogP contribution is 2.27. The van der Waals surface area contributed by atoms with Crippen LogP contribution >= 0.6 is 15.9 Å². The second kappa shape index (κ2) is 4.61. The molecule has 15 heavy (non-hydrogen) atoms. The normalized spacial score (nSPS) is 12.5. The summed E-state index contributed by atoms with van der Waals surface area (Å²) < 4.78 is 13.1. The van der Waals surface area contributed by atoms with E-state index in [0.717, 1.165) is 0 Å². The molecule has 5 heteroatoms. The first-order valence-corrected chi connectivity index (χ1v) is 5.10. The molecule has 0 fully saturated rings. The van der Waals surface area contributed by atoms with Crippen LogP contribution in [0.25, 0.3) is 0 Å². The molecule has 0 amide bonds. The van der Waals surface area contributed by atoms with Gasteiger partial charge in [0.2, 0.25) is 0 Å². The number of rotatable bonds is 3. The lowest BCUT2D eigenvalue weighted by atomic mass is 10.0. The van der Waals surface area contributed by atoms with Gasteiger partial charge in [0.05, 0.1) is 10.4 Å². The maximum absolute atomic E-state index is 13.0. The summed E-state index contributed by atoms with van der Waals surface area (Å²) in [5, 5.41) is 17.9. The van der Waals surface area contributed by atoms with Gasteiger partial charge in [-0.1, -0.05) is 6.92 Å². The predicted molar refractivity (Wildman–Crippen MR) is 56.3 cm³/mol. The van der Waals surface area contributed by atoms with Gasteiger partial charge in [0.15, 0.2) is 11.6 Å². The van der Waals surface area contributed by atoms with Crippen LogP contribution in [0.2, 0.25) is 0 Å². The van der Waals surface area contributed by atoms with Crippen molar-refractivity contribution in [2.75, 3.05) is 0 Å². The average molecular weight is 277 g/mol. The minimum absolute atomic E-state index is 0.134. The largest absolute Gasteiger partial charge is 0.505 e. The molecule has 3 nitrogen and oxygen atoms in total. The Labute approximate surface area is 94.7 Å². The van der Waals surface area contributed by atoms with Crippen molar-refractivity contribution in [2.24, 2.45) is 5.92 Å². The Morgan fingerprint density at radius 1 is 1.60 bits per heavy atom. The molecule has 0 spiro atoms. The second-order valence-corrected chi connectivity index (χ2v) is 4.21. The van der Waals surface area contributed by atoms with Crippen LogP contribution in [0.3, 0.4) is 0 Å². The Hall–Kier alpha value is -1.10. The molecule has 0 saturated carbocycles. The fraction of sp³-hybridized carbons (Fsp3) is 0.300. The molecule has 0 bridgehead atoms. The zero-order valence-electron chi connectivity index (χ0n) is 8.00. The van der Waals surface area contributed by atoms with Crippen molar-refractivity contribution in [3.63, 3.8) is 0 Å². The number of carboxylic acids is 1. The zero-order chi connectivity index (χ0) is 11.6. The van der Waals surface area contributed by atoms with Crippen molar-refractivity contribution in [2.45, 2.75) is 13.3 Å². The van der Waals surface area contributed by atoms with Gasteiger partial charge in [-0.05, 0) is 40.0 Å². The number of hydrogen-bond donors (Lipinski definition) is 2. The lowest BCUT2D eigenvalue weighted by molar-refractivity contribution is -0.141. The van der Waals surface area contributed by atoms with Crippen LogP contribution in [0.5, 0.6) is 5.75 Å². The summed E-state index contributed by atoms with van der Waals surface area (Å²) in [6, 6.07) is 2.70. The molecule has 1 aromatic rings. The average Bonchev–Trinajstić information content (AvgIpc) is 2.13. The van der Waals surface area contributed by atoms with E-state index in [1.54, 1.807) is 6.92 Å². The fourth-order valence-electron chi connectivity index (χ4n) is 1.19. The number of hydrogen-bond acceptors (Lipinski definition) is 2. The number of halogens is 2. The summed E-state index contributed by atoms with van der Waals surface area (Å²) in [7, 11) is 0. The van der Waals surface area contributed by atoms with Crippen LogP contribution < -0.4 is 0 Å². The molecule has 1 atom stereocenters. The van der Waals surface area contributed by atoms with E-state index in [-0.39, 0.29) is 10.9 Å². The Morgan fingerprint density at radius 2 is 2.20 bits per heavy atom. The summed E-state index contributed by atoms with van der Waals surface area (Å²) >= 11 is 2.94. The molecule has 0 aliphatic heterocycles. The van der Waals surface area contributed by atoms with Crippen LogP contribution in [-0.2, 0) is 11.2 Å². The minimum atomic E-state index is -0.921. The van der Waals surface area contributed by atoms with Gasteiger partial charge in [0.25, 0.3) is 0 Å². The van der Waals surface area contributed by atoms with Crippen molar-refractivity contribution in [3.05, 3.63) is 28.0 Å². The molecule has 1 aromatic carbocycles. The number of phenols is 1. The highest BCUT2D eigenvalue weighted by Gasteiger charge is 2.14. The number of aliphatic carboxylic acids is 1. The van der Waals surface area contributed by atoms with Crippen LogP contribution in [0, 0.1) is 11.7 Å². The highest BCUT2D eigenvalue weighted by molar-refractivity contribution is 9.10. The van der Waals surface area contributed by atoms with Gasteiger partial charge in [-0.15, -0.1) is 0 Å². The molecule has 0 heterocycles. The van der Waals surface area contributed by atoms with Crippen molar-refractivity contribution in [1.82, 2.24) is 0 Å². The molecule has 0 radical (unpaired) electrons. The number of benzene rings is 1. The van der Waals surface area contributed by atoms with Gasteiger partial charge >= 0.3 is 5.97 Å².